The number of nitrogens with zero attached hydrogens (tertiary/aromatic N) is 1. The maximum Gasteiger partial charge on any atom is 0.106 e. The third-order valence-corrected chi connectivity index (χ3v) is 1.72. The highest BCUT2D eigenvalue weighted by Crippen LogP contribution is 2.29. The van der Waals surface area contributed by atoms with Gasteiger partial charge in [0, 0.05) is 0 Å². The molecule has 1 saturated heterocycles. The molecule has 0 N–H and O–H groups in total. The van der Waals surface area contributed by atoms with E-state index in [-0.39, 0.29) is 6.10 Å². The van der Waals surface area contributed by atoms with Crippen molar-refractivity contribution in [2.75, 3.05) is 6.61 Å². The van der Waals surface area contributed by atoms with Crippen LogP contribution in [0.25, 0.3) is 0 Å². The Bertz CT molecular complexity index is 310. The number of benzene rings is 1. The fourth-order valence-corrected chi connectivity index (χ4v) is 1.05. The second kappa shape index (κ2) is 2.37. The third-order valence-electron chi connectivity index (χ3n) is 1.72. The van der Waals surface area contributed by atoms with Crippen molar-refractivity contribution in [1.29, 1.82) is 5.26 Å². The Labute approximate surface area is 65.0 Å². The van der Waals surface area contributed by atoms with E-state index in [0.29, 0.717) is 5.56 Å². The summed E-state index contributed by atoms with van der Waals surface area (Å²) >= 11 is 0. The van der Waals surface area contributed by atoms with Crippen LogP contribution in [0.4, 0.5) is 0 Å². The van der Waals surface area contributed by atoms with Crippen molar-refractivity contribution in [3.63, 3.8) is 0 Å². The van der Waals surface area contributed by atoms with Gasteiger partial charge in [0.05, 0.1) is 18.2 Å². The molecule has 2 heteroatoms. The molecule has 0 radical (unpaired) electrons. The molecule has 54 valence electrons. The van der Waals surface area contributed by atoms with Crippen molar-refractivity contribution in [2.24, 2.45) is 0 Å². The van der Waals surface area contributed by atoms with Gasteiger partial charge in [-0.15, -0.1) is 0 Å². The lowest BCUT2D eigenvalue weighted by Gasteiger charge is -1.93. The SMILES string of the molecule is N#Cc1cccc(C2CO2)c1. The Hall–Kier alpha value is -1.33. The lowest BCUT2D eigenvalue weighted by Crippen LogP contribution is -1.81. The van der Waals surface area contributed by atoms with Crippen LogP contribution in [0, 0.1) is 11.3 Å². The van der Waals surface area contributed by atoms with E-state index in [1.165, 1.54) is 0 Å². The van der Waals surface area contributed by atoms with Crippen LogP contribution in [-0.2, 0) is 4.74 Å². The summed E-state index contributed by atoms with van der Waals surface area (Å²) in [5.74, 6) is 0. The molecule has 2 rings (SSSR count). The van der Waals surface area contributed by atoms with Crippen LogP contribution in [0.3, 0.4) is 0 Å². The molecular formula is C9H7NO. The highest BCUT2D eigenvalue weighted by molar-refractivity contribution is 5.34. The van der Waals surface area contributed by atoms with E-state index in [1.807, 2.05) is 18.2 Å². The topological polar surface area (TPSA) is 36.3 Å². The molecule has 11 heavy (non-hydrogen) atoms. The van der Waals surface area contributed by atoms with Gasteiger partial charge in [0.25, 0.3) is 0 Å². The van der Waals surface area contributed by atoms with E-state index in [9.17, 15) is 0 Å². The Balaban J connectivity index is 2.35. The molecular weight excluding hydrogens is 138 g/mol. The summed E-state index contributed by atoms with van der Waals surface area (Å²) in [5.41, 5.74) is 1.82. The number of ether oxygens (including phenoxy) is 1. The predicted octanol–water partition coefficient (Wildman–Crippen LogP) is 1.63. The summed E-state index contributed by atoms with van der Waals surface area (Å²) in [6.07, 6.45) is 0.253. The molecule has 0 bridgehead atoms. The van der Waals surface area contributed by atoms with Gasteiger partial charge in [-0.1, -0.05) is 12.1 Å². The van der Waals surface area contributed by atoms with Crippen LogP contribution < -0.4 is 0 Å². The molecule has 0 aromatic heterocycles. The lowest BCUT2D eigenvalue weighted by molar-refractivity contribution is 0.415. The minimum atomic E-state index is 0.253. The Kier molecular flexibility index (Phi) is 1.38. The average molecular weight is 145 g/mol. The lowest BCUT2D eigenvalue weighted by atomic mass is 10.1. The maximum atomic E-state index is 8.57. The average Bonchev–Trinajstić information content (AvgIpc) is 2.87. The van der Waals surface area contributed by atoms with Crippen LogP contribution in [0.2, 0.25) is 0 Å². The molecule has 1 aliphatic rings. The van der Waals surface area contributed by atoms with Crippen molar-refractivity contribution in [3.8, 4) is 6.07 Å². The smallest absolute Gasteiger partial charge is 0.106 e. The number of rotatable bonds is 1. The number of hydrogen-bond acceptors (Lipinski definition) is 2. The van der Waals surface area contributed by atoms with Crippen molar-refractivity contribution in [2.45, 2.75) is 6.10 Å². The summed E-state index contributed by atoms with van der Waals surface area (Å²) in [7, 11) is 0. The van der Waals surface area contributed by atoms with E-state index >= 15 is 0 Å². The quantitative estimate of drug-likeness (QED) is 0.563. The first-order valence-corrected chi connectivity index (χ1v) is 3.52. The number of nitriles is 1. The first-order chi connectivity index (χ1) is 5.40. The molecule has 1 unspecified atom stereocenters. The summed E-state index contributed by atoms with van der Waals surface area (Å²) in [6.45, 7) is 0.800. The molecule has 1 aromatic carbocycles. The van der Waals surface area contributed by atoms with Gasteiger partial charge < -0.3 is 4.74 Å². The Morgan fingerprint density at radius 1 is 1.55 bits per heavy atom. The number of epoxide rings is 1. The fraction of sp³-hybridized carbons (Fsp3) is 0.222. The van der Waals surface area contributed by atoms with Crippen LogP contribution in [0.5, 0.6) is 0 Å². The van der Waals surface area contributed by atoms with Gasteiger partial charge in [0.1, 0.15) is 6.10 Å². The van der Waals surface area contributed by atoms with Gasteiger partial charge in [-0.3, -0.25) is 0 Å². The Morgan fingerprint density at radius 3 is 3.00 bits per heavy atom. The second-order valence-corrected chi connectivity index (χ2v) is 2.56. The van der Waals surface area contributed by atoms with Gasteiger partial charge in [-0.2, -0.15) is 5.26 Å². The molecule has 0 saturated carbocycles. The molecule has 1 heterocycles. The van der Waals surface area contributed by atoms with Crippen molar-refractivity contribution < 1.29 is 4.74 Å². The van der Waals surface area contributed by atoms with Crippen LogP contribution in [-0.4, -0.2) is 6.61 Å². The van der Waals surface area contributed by atoms with E-state index < -0.39 is 0 Å². The monoisotopic (exact) mass is 145 g/mol. The highest BCUT2D eigenvalue weighted by atomic mass is 16.6. The minimum Gasteiger partial charge on any atom is -0.368 e. The van der Waals surface area contributed by atoms with Crippen LogP contribution in [0.1, 0.15) is 17.2 Å². The van der Waals surface area contributed by atoms with Gasteiger partial charge in [0.2, 0.25) is 0 Å². The molecule has 1 aromatic rings. The first kappa shape index (κ1) is 6.38. The largest absolute Gasteiger partial charge is 0.368 e. The van der Waals surface area contributed by atoms with E-state index in [1.54, 1.807) is 6.07 Å². The van der Waals surface area contributed by atoms with E-state index in [0.717, 1.165) is 12.2 Å². The van der Waals surface area contributed by atoms with Gasteiger partial charge >= 0.3 is 0 Å². The predicted molar refractivity (Wildman–Crippen MR) is 39.9 cm³/mol. The number of hydrogen-bond donors (Lipinski definition) is 0. The Morgan fingerprint density at radius 2 is 2.36 bits per heavy atom. The second-order valence-electron chi connectivity index (χ2n) is 2.56. The van der Waals surface area contributed by atoms with Gasteiger partial charge in [-0.05, 0) is 17.7 Å². The normalized spacial score (nSPS) is 20.8. The van der Waals surface area contributed by atoms with Gasteiger partial charge in [0.15, 0.2) is 0 Å². The summed E-state index contributed by atoms with van der Waals surface area (Å²) in [4.78, 5) is 0. The molecule has 1 atom stereocenters. The molecule has 1 aliphatic heterocycles. The zero-order chi connectivity index (χ0) is 7.68. The van der Waals surface area contributed by atoms with Gasteiger partial charge in [-0.25, -0.2) is 0 Å². The fourth-order valence-electron chi connectivity index (χ4n) is 1.05. The molecule has 2 nitrogen and oxygen atoms in total. The van der Waals surface area contributed by atoms with Crippen LogP contribution >= 0.6 is 0 Å². The summed E-state index contributed by atoms with van der Waals surface area (Å²) in [6, 6.07) is 9.63. The van der Waals surface area contributed by atoms with Crippen molar-refractivity contribution in [1.82, 2.24) is 0 Å². The maximum absolute atomic E-state index is 8.57. The first-order valence-electron chi connectivity index (χ1n) is 3.52. The zero-order valence-corrected chi connectivity index (χ0v) is 5.95. The molecule has 0 aliphatic carbocycles. The summed E-state index contributed by atoms with van der Waals surface area (Å²) in [5, 5.41) is 8.57. The van der Waals surface area contributed by atoms with Crippen molar-refractivity contribution in [3.05, 3.63) is 35.4 Å². The van der Waals surface area contributed by atoms with E-state index in [2.05, 4.69) is 6.07 Å². The molecule has 1 fully saturated rings. The van der Waals surface area contributed by atoms with Crippen LogP contribution in [0.15, 0.2) is 24.3 Å². The molecule has 0 amide bonds. The highest BCUT2D eigenvalue weighted by Gasteiger charge is 2.24. The zero-order valence-electron chi connectivity index (χ0n) is 5.95. The van der Waals surface area contributed by atoms with E-state index in [4.69, 9.17) is 10.00 Å². The minimum absolute atomic E-state index is 0.253. The molecule has 0 spiro atoms. The standard InChI is InChI=1S/C9H7NO/c10-5-7-2-1-3-8(4-7)9-6-11-9/h1-4,9H,6H2. The third kappa shape index (κ3) is 1.24. The summed E-state index contributed by atoms with van der Waals surface area (Å²) < 4.78 is 5.08. The van der Waals surface area contributed by atoms with Crippen molar-refractivity contribution >= 4 is 0 Å².